The van der Waals surface area contributed by atoms with Crippen LogP contribution in [0, 0.1) is 29.6 Å². The summed E-state index contributed by atoms with van der Waals surface area (Å²) < 4.78 is 230. The standard InChI is InChI=1S/C22H23F4N5O6S.C21H21Cl2FN6O5S.C21H24F3N7O5S.C17H24N6O6S/c1-11(16-2-3-17(37-16)22(24,25)26)31-5-4-12(8-31)19(32)14-7-28-10-29-21(14)30-15-6-13(20(33)18(15)23)9-36-38(27,34)35;22-13-1-2-15(23)11(5-13)8-30-4-3-16(29-30)20(32)14-7-26-10-27-21(14)28-17-6-12(19(31)18(17)24)9-35-36(25,33)34;1-30-19(21(22,23)24)7-14(28-30)9-31-3-2-16(29-31)20(33)15-8-26-11-27-17(15)5-12-4-13(18(32)6-12)10-36-37(25,34)35;1-28-5-4-23-3-2-14(22-23)16(25)13-8-19-10-20-17(13)21-12-6-11(15(24)7-12)9-29-30(18,26)27/h2-5,7-8,10-11,13,15,18,20,33H,6,9H2,1H3,(H2,27,34,35)(H,28,29,30);1-5,7,10,12,17-19,31H,6,8-9H2,(H2,25,33,34)(H,26,27,28);2-3,7-8,11-13,18,32H,4-6,9-10H2,1H3,(H2,25,34,35);2-3,8,10-12,15,24H,4-7,9H2,1H3,(H2,18,26,27)(H,19,20,21)/t11?,13-,15-,18-,20-;12-,17-,18-,19-;12-,13+,18-;11-,12-,15+/m1101/s1. The number of furan rings is 1. The van der Waals surface area contributed by atoms with Crippen LogP contribution >= 0.6 is 23.2 Å². The Bertz CT molecular complexity index is 6730. The molecule has 11 aromatic rings. The second-order valence-corrected chi connectivity index (χ2v) is 38.6. The van der Waals surface area contributed by atoms with E-state index in [0.29, 0.717) is 72.4 Å². The number of nitrogens with zero attached hydrogens (tertiary/aromatic N) is 17. The van der Waals surface area contributed by atoms with Crippen LogP contribution in [0.15, 0.2) is 146 Å². The van der Waals surface area contributed by atoms with Gasteiger partial charge in [-0.1, -0.05) is 23.2 Å². The molecule has 15 atom stereocenters. The summed E-state index contributed by atoms with van der Waals surface area (Å²) in [5.41, 5.74) is 1.37. The lowest BCUT2D eigenvalue weighted by atomic mass is 9.96. The van der Waals surface area contributed by atoms with Crippen LogP contribution < -0.4 is 36.5 Å². The topological polar surface area (TPSA) is 665 Å². The van der Waals surface area contributed by atoms with Crippen molar-refractivity contribution in [2.45, 2.75) is 145 Å². The van der Waals surface area contributed by atoms with E-state index in [1.165, 1.54) is 108 Å². The normalized spacial score (nSPS) is 21.8. The number of ketones is 4. The molecular weight excluding hydrogens is 2010 g/mol. The molecule has 4 fully saturated rings. The van der Waals surface area contributed by atoms with Gasteiger partial charge in [0.1, 0.15) is 83.6 Å². The first-order chi connectivity index (χ1) is 66.3. The molecule has 1 aromatic carbocycles. The first-order valence-electron chi connectivity index (χ1n) is 42.2. The van der Waals surface area contributed by atoms with E-state index in [1.54, 1.807) is 55.4 Å². The van der Waals surface area contributed by atoms with E-state index in [1.807, 2.05) is 0 Å². The molecule has 141 heavy (non-hydrogen) atoms. The zero-order chi connectivity index (χ0) is 103. The second-order valence-electron chi connectivity index (χ2n) is 32.9. The third kappa shape index (κ3) is 29.8. The monoisotopic (exact) mass is 2100 g/mol. The molecule has 15 rings (SSSR count). The van der Waals surface area contributed by atoms with Crippen molar-refractivity contribution in [3.63, 3.8) is 0 Å². The zero-order valence-electron chi connectivity index (χ0n) is 74.0. The maximum Gasteiger partial charge on any atom is 0.449 e. The number of carbonyl (C=O) groups is 4. The number of aromatic nitrogens is 17. The van der Waals surface area contributed by atoms with Crippen LogP contribution in [-0.2, 0) is 108 Å². The number of hydrogen-bond acceptors (Lipinski definition) is 37. The average Bonchev–Trinajstić information content (AvgIpc) is 1.68. The molecule has 0 spiro atoms. The van der Waals surface area contributed by atoms with Crippen LogP contribution in [0.3, 0.4) is 0 Å². The minimum atomic E-state index is -4.63. The quantitative estimate of drug-likeness (QED) is 0.0187. The first-order valence-corrected chi connectivity index (χ1v) is 48.8. The van der Waals surface area contributed by atoms with Crippen molar-refractivity contribution in [1.82, 2.24) is 83.6 Å². The molecular formula is C81H92Cl2F8N24O22S4. The lowest BCUT2D eigenvalue weighted by Crippen LogP contribution is -2.33. The number of ether oxygens (including phenoxy) is 1. The van der Waals surface area contributed by atoms with E-state index < -0.39 is 174 Å². The number of carbonyl (C=O) groups excluding carboxylic acids is 4. The summed E-state index contributed by atoms with van der Waals surface area (Å²) in [6.07, 6.45) is 2.20. The molecule has 60 heteroatoms. The lowest BCUT2D eigenvalue weighted by molar-refractivity contribution is -0.153. The Labute approximate surface area is 807 Å². The summed E-state index contributed by atoms with van der Waals surface area (Å²) in [6.45, 7) is 1.30. The Kier molecular flexibility index (Phi) is 35.4. The number of halogens is 10. The Morgan fingerprint density at radius 2 is 0.993 bits per heavy atom. The van der Waals surface area contributed by atoms with Crippen molar-refractivity contribution >= 4 is 105 Å². The number of alkyl halides is 8. The van der Waals surface area contributed by atoms with Gasteiger partial charge in [0.25, 0.3) is 0 Å². The number of rotatable bonds is 37. The average molecular weight is 2100 g/mol. The SMILES string of the molecule is CC(c1ccc(C(F)(F)F)o1)n1ccc(C(=O)c2cncnc2N[C@@H]2C[C@H](COS(N)(=O)=O)[C@@H](O)[C@@H]2F)c1.COCCn1ccc(C(=O)c2cncnc2N[C@@H]2C[C@H](COS(N)(=O)=O)[C@@H](O)C2)n1.Cn1nc(Cn2ccc(C(=O)c3cncnc3C[C@@H]3C[C@H](COS(N)(=O)=O)[C@@H](O)C3)n2)cc1C(F)(F)F.NS(=O)(=O)OC[C@H]1C[C@@H](Nc2ncncc2C(=O)c2ccn(Cc3cc(Cl)ccc3Cl)n2)[C@@H](F)[C@@H]1O. The first kappa shape index (κ1) is 108. The summed E-state index contributed by atoms with van der Waals surface area (Å²) >= 11 is 12.2. The maximum atomic E-state index is 14.8. The van der Waals surface area contributed by atoms with Crippen molar-refractivity contribution < 1.29 is 134 Å². The Hall–Kier alpha value is -11.7. The van der Waals surface area contributed by atoms with E-state index in [4.69, 9.17) is 52.9 Å². The van der Waals surface area contributed by atoms with Crippen LogP contribution in [0.1, 0.15) is 150 Å². The van der Waals surface area contributed by atoms with Crippen LogP contribution in [0.4, 0.5) is 52.6 Å². The molecule has 10 heterocycles. The molecule has 1 unspecified atom stereocenters. The summed E-state index contributed by atoms with van der Waals surface area (Å²) in [5, 5.41) is 86.4. The molecule has 0 radical (unpaired) electrons. The number of benzene rings is 1. The number of aliphatic hydroxyl groups is 4. The molecule has 46 nitrogen and oxygen atoms in total. The molecule has 4 saturated carbocycles. The van der Waals surface area contributed by atoms with Crippen LogP contribution in [0.5, 0.6) is 0 Å². The van der Waals surface area contributed by atoms with Gasteiger partial charge in [-0.15, -0.1) is 0 Å². The van der Waals surface area contributed by atoms with Crippen LogP contribution in [0.2, 0.25) is 10.0 Å². The molecule has 0 aliphatic heterocycles. The predicted molar refractivity (Wildman–Crippen MR) is 476 cm³/mol. The van der Waals surface area contributed by atoms with Crippen LogP contribution in [-0.4, -0.2) is 256 Å². The van der Waals surface area contributed by atoms with E-state index in [2.05, 4.69) is 92.9 Å². The Balaban J connectivity index is 0.000000169. The predicted octanol–water partition coefficient (Wildman–Crippen LogP) is 4.60. The number of aliphatic hydroxyl groups excluding tert-OH is 4. The zero-order valence-corrected chi connectivity index (χ0v) is 78.8. The van der Waals surface area contributed by atoms with Gasteiger partial charge in [-0.25, -0.2) is 69.2 Å². The van der Waals surface area contributed by atoms with Crippen LogP contribution in [0.25, 0.3) is 0 Å². The van der Waals surface area contributed by atoms with Gasteiger partial charge in [-0.2, -0.15) is 80.4 Å². The van der Waals surface area contributed by atoms with E-state index in [0.717, 1.165) is 23.1 Å². The fourth-order valence-corrected chi connectivity index (χ4v) is 17.7. The largest absolute Gasteiger partial charge is 0.454 e. The molecule has 0 bridgehead atoms. The molecule has 0 amide bonds. The van der Waals surface area contributed by atoms with E-state index in [-0.39, 0.29) is 125 Å². The van der Waals surface area contributed by atoms with Gasteiger partial charge < -0.3 is 50.1 Å². The molecule has 4 aliphatic rings. The molecule has 0 saturated heterocycles. The summed E-state index contributed by atoms with van der Waals surface area (Å²) in [5.74, 6) is -5.37. The second kappa shape index (κ2) is 46.1. The summed E-state index contributed by atoms with van der Waals surface area (Å²) in [7, 11) is -13.9. The lowest BCUT2D eigenvalue weighted by Gasteiger charge is -2.18. The van der Waals surface area contributed by atoms with Crippen molar-refractivity contribution in [3.05, 3.63) is 231 Å². The van der Waals surface area contributed by atoms with E-state index in [9.17, 15) is 108 Å². The van der Waals surface area contributed by atoms with Gasteiger partial charge in [0.2, 0.25) is 23.1 Å². The highest BCUT2D eigenvalue weighted by Gasteiger charge is 2.47. The van der Waals surface area contributed by atoms with Gasteiger partial charge >= 0.3 is 53.6 Å². The summed E-state index contributed by atoms with van der Waals surface area (Å²) in [4.78, 5) is 84.5. The summed E-state index contributed by atoms with van der Waals surface area (Å²) in [6, 6.07) is 11.1. The number of hydrogen-bond donors (Lipinski definition) is 11. The Morgan fingerprint density at radius 3 is 1.49 bits per heavy atom. The number of nitrogens with one attached hydrogen (secondary N) is 3. The highest BCUT2D eigenvalue weighted by Crippen LogP contribution is 2.40. The number of aryl methyl sites for hydroxylation is 1. The number of nitrogens with two attached hydrogens (primary N) is 4. The fraction of sp³-hybridized carbons (Fsp3) is 0.432. The van der Waals surface area contributed by atoms with Gasteiger partial charge in [0.15, 0.2) is 5.78 Å². The van der Waals surface area contributed by atoms with Gasteiger partial charge in [-0.3, -0.25) is 54.6 Å². The maximum absolute atomic E-state index is 14.8. The molecule has 762 valence electrons. The van der Waals surface area contributed by atoms with Crippen molar-refractivity contribution in [2.24, 2.45) is 57.2 Å². The molecule has 4 aliphatic carbocycles. The van der Waals surface area contributed by atoms with Crippen molar-refractivity contribution in [1.29, 1.82) is 0 Å². The van der Waals surface area contributed by atoms with Crippen molar-refractivity contribution in [3.8, 4) is 0 Å². The van der Waals surface area contributed by atoms with E-state index >= 15 is 0 Å². The third-order valence-electron chi connectivity index (χ3n) is 22.8. The van der Waals surface area contributed by atoms with Crippen molar-refractivity contribution in [2.75, 3.05) is 56.1 Å². The fourth-order valence-electron chi connectivity index (χ4n) is 15.9. The van der Waals surface area contributed by atoms with Gasteiger partial charge in [0, 0.05) is 115 Å². The molecule has 15 N–H and O–H groups in total. The Morgan fingerprint density at radius 1 is 0.532 bits per heavy atom. The number of methoxy groups -OCH3 is 1. The minimum Gasteiger partial charge on any atom is -0.454 e. The highest BCUT2D eigenvalue weighted by molar-refractivity contribution is 7.85. The minimum absolute atomic E-state index is 0.00447. The van der Waals surface area contributed by atoms with Gasteiger partial charge in [-0.05, 0) is 124 Å². The number of anilines is 3. The smallest absolute Gasteiger partial charge is 0.449 e. The molecule has 10 aromatic heterocycles. The van der Waals surface area contributed by atoms with Gasteiger partial charge in [0.05, 0.1) is 129 Å². The third-order valence-corrected chi connectivity index (χ3v) is 25.3. The highest BCUT2D eigenvalue weighted by atomic mass is 35.5.